The van der Waals surface area contributed by atoms with Gasteiger partial charge in [-0.2, -0.15) is 0 Å². The van der Waals surface area contributed by atoms with E-state index < -0.39 is 0 Å². The van der Waals surface area contributed by atoms with Gasteiger partial charge in [0.05, 0.1) is 20.9 Å². The molecular formula is C24H14N2S3. The molecule has 0 saturated heterocycles. The van der Waals surface area contributed by atoms with Crippen LogP contribution in [-0.4, -0.2) is 10.4 Å². The van der Waals surface area contributed by atoms with Gasteiger partial charge in [0.2, 0.25) is 0 Å². The Morgan fingerprint density at radius 3 is 2.55 bits per heavy atom. The van der Waals surface area contributed by atoms with Gasteiger partial charge >= 0.3 is 0 Å². The molecule has 4 aromatic rings. The molecule has 0 spiro atoms. The molecule has 1 atom stereocenters. The zero-order valence-corrected chi connectivity index (χ0v) is 17.7. The predicted octanol–water partition coefficient (Wildman–Crippen LogP) is 5.22. The number of aliphatic imine (C=N–C) groups is 1. The molecule has 3 aliphatic heterocycles. The summed E-state index contributed by atoms with van der Waals surface area (Å²) in [5.74, 6) is 0. The summed E-state index contributed by atoms with van der Waals surface area (Å²) in [6.45, 7) is 0. The normalized spacial score (nSPS) is 19.1. The number of nitrogens with zero attached hydrogens (tertiary/aromatic N) is 2. The predicted molar refractivity (Wildman–Crippen MR) is 127 cm³/mol. The molecule has 0 amide bonds. The van der Waals surface area contributed by atoms with Crippen molar-refractivity contribution in [3.8, 4) is 0 Å². The molecule has 4 heterocycles. The molecular weight excluding hydrogens is 412 g/mol. The maximum atomic E-state index is 5.19. The topological polar surface area (TPSA) is 15.6 Å². The number of fused-ring (bicyclic) bond motifs is 8. The highest BCUT2D eigenvalue weighted by Gasteiger charge is 2.41. The average Bonchev–Trinajstić information content (AvgIpc) is 3.46. The van der Waals surface area contributed by atoms with Gasteiger partial charge < -0.3 is 4.90 Å². The van der Waals surface area contributed by atoms with E-state index in [0.29, 0.717) is 0 Å². The third kappa shape index (κ3) is 2.23. The lowest BCUT2D eigenvalue weighted by molar-refractivity contribution is 1.05. The molecule has 3 aliphatic rings. The summed E-state index contributed by atoms with van der Waals surface area (Å²) in [7, 11) is 0. The minimum Gasteiger partial charge on any atom is -0.316 e. The van der Waals surface area contributed by atoms with Gasteiger partial charge in [0.15, 0.2) is 0 Å². The fraction of sp³-hybridized carbons (Fsp3) is 0.0417. The van der Waals surface area contributed by atoms with Crippen LogP contribution in [0.5, 0.6) is 0 Å². The number of thiophene rings is 1. The van der Waals surface area contributed by atoms with E-state index >= 15 is 0 Å². The molecule has 29 heavy (non-hydrogen) atoms. The molecule has 5 heteroatoms. The van der Waals surface area contributed by atoms with Gasteiger partial charge in [0, 0.05) is 25.8 Å². The molecule has 0 bridgehead atoms. The minimum atomic E-state index is 0.192. The van der Waals surface area contributed by atoms with E-state index in [-0.39, 0.29) is 5.37 Å². The lowest BCUT2D eigenvalue weighted by Crippen LogP contribution is -2.42. The van der Waals surface area contributed by atoms with Crippen LogP contribution in [0.2, 0.25) is 0 Å². The minimum absolute atomic E-state index is 0.192. The van der Waals surface area contributed by atoms with Gasteiger partial charge in [-0.1, -0.05) is 84.2 Å². The highest BCUT2D eigenvalue weighted by atomic mass is 32.2. The van der Waals surface area contributed by atoms with E-state index in [1.54, 1.807) is 0 Å². The van der Waals surface area contributed by atoms with E-state index in [1.807, 2.05) is 34.9 Å². The number of thioether (sulfide) groups is 2. The Morgan fingerprint density at radius 1 is 0.828 bits per heavy atom. The second kappa shape index (κ2) is 6.02. The van der Waals surface area contributed by atoms with Crippen LogP contribution in [0, 0.1) is 0 Å². The van der Waals surface area contributed by atoms with Gasteiger partial charge in [0.1, 0.15) is 10.4 Å². The van der Waals surface area contributed by atoms with Crippen LogP contribution in [0.1, 0.15) is 5.56 Å². The van der Waals surface area contributed by atoms with Gasteiger partial charge in [-0.25, -0.2) is 4.99 Å². The maximum Gasteiger partial charge on any atom is 0.130 e. The van der Waals surface area contributed by atoms with Crippen LogP contribution in [0.4, 0.5) is 5.69 Å². The van der Waals surface area contributed by atoms with Gasteiger partial charge in [-0.15, -0.1) is 11.3 Å². The van der Waals surface area contributed by atoms with Crippen LogP contribution < -0.4 is 14.7 Å². The van der Waals surface area contributed by atoms with Gasteiger partial charge in [-0.05, 0) is 18.2 Å². The van der Waals surface area contributed by atoms with E-state index in [4.69, 9.17) is 4.99 Å². The van der Waals surface area contributed by atoms with Crippen molar-refractivity contribution in [2.75, 3.05) is 4.90 Å². The van der Waals surface area contributed by atoms with E-state index in [2.05, 4.69) is 83.8 Å². The monoisotopic (exact) mass is 426 g/mol. The number of para-hydroxylation sites is 1. The first-order valence-electron chi connectivity index (χ1n) is 9.51. The fourth-order valence-electron chi connectivity index (χ4n) is 4.25. The van der Waals surface area contributed by atoms with Crippen LogP contribution in [0.3, 0.4) is 0 Å². The fourth-order valence-corrected chi connectivity index (χ4v) is 8.16. The summed E-state index contributed by atoms with van der Waals surface area (Å²) in [5, 5.41) is 5.36. The van der Waals surface area contributed by atoms with Crippen LogP contribution in [-0.2, 0) is 0 Å². The highest BCUT2D eigenvalue weighted by molar-refractivity contribution is 8.16. The lowest BCUT2D eigenvalue weighted by atomic mass is 10.1. The Labute approximate surface area is 180 Å². The van der Waals surface area contributed by atoms with Crippen LogP contribution >= 0.6 is 34.9 Å². The third-order valence-corrected chi connectivity index (χ3v) is 9.09. The summed E-state index contributed by atoms with van der Waals surface area (Å²) in [6, 6.07) is 28.1. The molecule has 0 fully saturated rings. The average molecular weight is 427 g/mol. The lowest BCUT2D eigenvalue weighted by Gasteiger charge is -2.29. The van der Waals surface area contributed by atoms with Crippen molar-refractivity contribution in [3.63, 3.8) is 0 Å². The van der Waals surface area contributed by atoms with Crippen molar-refractivity contribution in [3.05, 3.63) is 94.2 Å². The zero-order chi connectivity index (χ0) is 18.9. The Hall–Kier alpha value is -2.47. The Kier molecular flexibility index (Phi) is 3.39. The molecule has 2 nitrogen and oxygen atoms in total. The quantitative estimate of drug-likeness (QED) is 0.415. The standard InChI is InChI=1S/C24H14N2S3/c1-2-8-14(9-3-1)22-25-20-21-19(15-10-4-6-12-17(15)27-21)23-26(24(20)29-22)16-11-5-7-13-18(16)28-23/h1-13,24H. The molecule has 0 aliphatic carbocycles. The maximum absolute atomic E-state index is 5.19. The van der Waals surface area contributed by atoms with E-state index in [1.165, 1.54) is 46.7 Å². The van der Waals surface area contributed by atoms with Crippen molar-refractivity contribution in [1.29, 1.82) is 0 Å². The van der Waals surface area contributed by atoms with Crippen LogP contribution in [0.25, 0.3) is 20.8 Å². The van der Waals surface area contributed by atoms with Crippen molar-refractivity contribution in [1.82, 2.24) is 0 Å². The van der Waals surface area contributed by atoms with Crippen LogP contribution in [0.15, 0.2) is 88.8 Å². The second-order valence-electron chi connectivity index (χ2n) is 7.19. The van der Waals surface area contributed by atoms with Crippen molar-refractivity contribution >= 4 is 66.4 Å². The zero-order valence-electron chi connectivity index (χ0n) is 15.2. The molecule has 7 rings (SSSR count). The summed E-state index contributed by atoms with van der Waals surface area (Å²) >= 11 is 5.66. The summed E-state index contributed by atoms with van der Waals surface area (Å²) in [5.41, 5.74) is 3.70. The first-order valence-corrected chi connectivity index (χ1v) is 12.0. The summed E-state index contributed by atoms with van der Waals surface area (Å²) in [4.78, 5) is 9.04. The Bertz CT molecular complexity index is 1470. The number of rotatable bonds is 1. The molecule has 0 saturated carbocycles. The molecule has 1 aromatic heterocycles. The van der Waals surface area contributed by atoms with Gasteiger partial charge in [-0.3, -0.25) is 0 Å². The number of hydrogen-bond acceptors (Lipinski definition) is 5. The third-order valence-electron chi connectivity index (χ3n) is 5.53. The molecule has 0 N–H and O–H groups in total. The largest absolute Gasteiger partial charge is 0.316 e. The van der Waals surface area contributed by atoms with Crippen molar-refractivity contribution in [2.24, 2.45) is 4.99 Å². The van der Waals surface area contributed by atoms with Crippen molar-refractivity contribution in [2.45, 2.75) is 10.3 Å². The molecule has 3 aromatic carbocycles. The molecule has 1 unspecified atom stereocenters. The number of hydrogen-bond donors (Lipinski definition) is 0. The Morgan fingerprint density at radius 2 is 1.62 bits per heavy atom. The smallest absolute Gasteiger partial charge is 0.130 e. The first-order chi connectivity index (χ1) is 14.4. The molecule has 138 valence electrons. The highest BCUT2D eigenvalue weighted by Crippen LogP contribution is 2.53. The Balaban J connectivity index is 1.59. The molecule has 0 radical (unpaired) electrons. The summed E-state index contributed by atoms with van der Waals surface area (Å²) < 4.78 is 2.67. The SMILES string of the molecule is c1ccc(C2=NC3=c4sc5ccccc5c4=C4Sc5ccccc5N4C3S2)cc1. The van der Waals surface area contributed by atoms with E-state index in [0.717, 1.165) is 5.04 Å². The second-order valence-corrected chi connectivity index (χ2v) is 10.3. The first kappa shape index (κ1) is 16.3. The van der Waals surface area contributed by atoms with Gasteiger partial charge in [0.25, 0.3) is 0 Å². The number of benzene rings is 3. The number of anilines is 1. The van der Waals surface area contributed by atoms with E-state index in [9.17, 15) is 0 Å². The summed E-state index contributed by atoms with van der Waals surface area (Å²) in [6.07, 6.45) is 0. The van der Waals surface area contributed by atoms with Crippen molar-refractivity contribution < 1.29 is 0 Å².